The SMILES string of the molecule is CCCN(Cc1cccc(N)c1)C(=O)C1CCCCO1. The molecule has 0 aliphatic carbocycles. The minimum atomic E-state index is -0.253. The molecule has 1 fully saturated rings. The van der Waals surface area contributed by atoms with E-state index in [-0.39, 0.29) is 12.0 Å². The molecule has 110 valence electrons. The number of rotatable bonds is 5. The van der Waals surface area contributed by atoms with Crippen LogP contribution in [-0.4, -0.2) is 30.1 Å². The topological polar surface area (TPSA) is 55.6 Å². The number of nitrogens with two attached hydrogens (primary N) is 1. The van der Waals surface area contributed by atoms with Gasteiger partial charge >= 0.3 is 0 Å². The van der Waals surface area contributed by atoms with Gasteiger partial charge in [0.2, 0.25) is 0 Å². The average Bonchev–Trinajstić information content (AvgIpc) is 2.47. The molecule has 1 aliphatic rings. The summed E-state index contributed by atoms with van der Waals surface area (Å²) in [5, 5.41) is 0. The van der Waals surface area contributed by atoms with Gasteiger partial charge in [0.25, 0.3) is 5.91 Å². The van der Waals surface area contributed by atoms with E-state index >= 15 is 0 Å². The van der Waals surface area contributed by atoms with E-state index in [1.807, 2.05) is 29.2 Å². The largest absolute Gasteiger partial charge is 0.399 e. The van der Waals surface area contributed by atoms with Crippen LogP contribution in [0.3, 0.4) is 0 Å². The second-order valence-corrected chi connectivity index (χ2v) is 5.36. The third-order valence-corrected chi connectivity index (χ3v) is 3.58. The van der Waals surface area contributed by atoms with Crippen molar-refractivity contribution in [3.05, 3.63) is 29.8 Å². The Kier molecular flexibility index (Phi) is 5.41. The number of nitrogen functional groups attached to an aromatic ring is 1. The minimum absolute atomic E-state index is 0.119. The monoisotopic (exact) mass is 276 g/mol. The van der Waals surface area contributed by atoms with Gasteiger partial charge in [-0.3, -0.25) is 4.79 Å². The maximum absolute atomic E-state index is 12.5. The molecule has 0 radical (unpaired) electrons. The van der Waals surface area contributed by atoms with E-state index in [0.717, 1.165) is 43.5 Å². The number of nitrogens with zero attached hydrogens (tertiary/aromatic N) is 1. The van der Waals surface area contributed by atoms with Crippen LogP contribution in [0.1, 0.15) is 38.2 Å². The van der Waals surface area contributed by atoms with Crippen LogP contribution in [0.25, 0.3) is 0 Å². The molecule has 1 saturated heterocycles. The van der Waals surface area contributed by atoms with Gasteiger partial charge in [0, 0.05) is 25.4 Å². The van der Waals surface area contributed by atoms with Crippen molar-refractivity contribution in [3.63, 3.8) is 0 Å². The van der Waals surface area contributed by atoms with Crippen LogP contribution < -0.4 is 5.73 Å². The molecule has 1 unspecified atom stereocenters. The zero-order valence-corrected chi connectivity index (χ0v) is 12.2. The lowest BCUT2D eigenvalue weighted by atomic mass is 10.1. The van der Waals surface area contributed by atoms with E-state index in [0.29, 0.717) is 13.2 Å². The number of hydrogen-bond donors (Lipinski definition) is 1. The molecule has 0 spiro atoms. The predicted octanol–water partition coefficient (Wildman–Crippen LogP) is 2.58. The quantitative estimate of drug-likeness (QED) is 0.841. The maximum Gasteiger partial charge on any atom is 0.251 e. The predicted molar refractivity (Wildman–Crippen MR) is 80.2 cm³/mol. The van der Waals surface area contributed by atoms with Crippen molar-refractivity contribution in [3.8, 4) is 0 Å². The highest BCUT2D eigenvalue weighted by Crippen LogP contribution is 2.17. The first kappa shape index (κ1) is 14.9. The van der Waals surface area contributed by atoms with Gasteiger partial charge in [0.1, 0.15) is 6.10 Å². The zero-order valence-electron chi connectivity index (χ0n) is 12.2. The molecule has 20 heavy (non-hydrogen) atoms. The molecular formula is C16H24N2O2. The van der Waals surface area contributed by atoms with E-state index in [2.05, 4.69) is 6.92 Å². The Hall–Kier alpha value is -1.55. The summed E-state index contributed by atoms with van der Waals surface area (Å²) in [6, 6.07) is 7.72. The fourth-order valence-electron chi connectivity index (χ4n) is 2.59. The highest BCUT2D eigenvalue weighted by Gasteiger charge is 2.26. The molecule has 2 N–H and O–H groups in total. The van der Waals surface area contributed by atoms with Crippen LogP contribution in [0.5, 0.6) is 0 Å². The van der Waals surface area contributed by atoms with Gasteiger partial charge in [0.05, 0.1) is 0 Å². The third-order valence-electron chi connectivity index (χ3n) is 3.58. The van der Waals surface area contributed by atoms with Crippen molar-refractivity contribution in [2.75, 3.05) is 18.9 Å². The number of carbonyl (C=O) groups excluding carboxylic acids is 1. The number of carbonyl (C=O) groups is 1. The molecule has 2 rings (SSSR count). The highest BCUT2D eigenvalue weighted by molar-refractivity contribution is 5.81. The van der Waals surface area contributed by atoms with Crippen LogP contribution in [0.15, 0.2) is 24.3 Å². The van der Waals surface area contributed by atoms with E-state index in [1.165, 1.54) is 0 Å². The Bertz CT molecular complexity index is 442. The molecule has 0 saturated carbocycles. The molecule has 1 atom stereocenters. The summed E-state index contributed by atoms with van der Waals surface area (Å²) < 4.78 is 5.61. The van der Waals surface area contributed by atoms with Crippen molar-refractivity contribution in [2.45, 2.75) is 45.3 Å². The van der Waals surface area contributed by atoms with E-state index in [9.17, 15) is 4.79 Å². The summed E-state index contributed by atoms with van der Waals surface area (Å²) in [5.41, 5.74) is 7.61. The van der Waals surface area contributed by atoms with Gasteiger partial charge in [-0.15, -0.1) is 0 Å². The Labute approximate surface area is 120 Å². The first-order chi connectivity index (χ1) is 9.70. The van der Waals surface area contributed by atoms with Gasteiger partial charge in [-0.05, 0) is 43.4 Å². The van der Waals surface area contributed by atoms with Crippen LogP contribution in [-0.2, 0) is 16.1 Å². The zero-order chi connectivity index (χ0) is 14.4. The minimum Gasteiger partial charge on any atom is -0.399 e. The summed E-state index contributed by atoms with van der Waals surface area (Å²) >= 11 is 0. The Morgan fingerprint density at radius 3 is 2.95 bits per heavy atom. The van der Waals surface area contributed by atoms with Crippen molar-refractivity contribution in [2.24, 2.45) is 0 Å². The summed E-state index contributed by atoms with van der Waals surface area (Å²) in [6.07, 6.45) is 3.68. The molecule has 4 heteroatoms. The summed E-state index contributed by atoms with van der Waals surface area (Å²) in [4.78, 5) is 14.4. The first-order valence-electron chi connectivity index (χ1n) is 7.45. The second-order valence-electron chi connectivity index (χ2n) is 5.36. The number of anilines is 1. The fraction of sp³-hybridized carbons (Fsp3) is 0.562. The average molecular weight is 276 g/mol. The summed E-state index contributed by atoms with van der Waals surface area (Å²) in [6.45, 7) is 4.15. The molecule has 1 amide bonds. The normalized spacial score (nSPS) is 18.8. The van der Waals surface area contributed by atoms with Crippen molar-refractivity contribution >= 4 is 11.6 Å². The van der Waals surface area contributed by atoms with Crippen LogP contribution >= 0.6 is 0 Å². The Morgan fingerprint density at radius 2 is 2.30 bits per heavy atom. The first-order valence-corrected chi connectivity index (χ1v) is 7.45. The smallest absolute Gasteiger partial charge is 0.251 e. The lowest BCUT2D eigenvalue weighted by molar-refractivity contribution is -0.147. The van der Waals surface area contributed by atoms with Crippen molar-refractivity contribution in [1.82, 2.24) is 4.90 Å². The molecule has 4 nitrogen and oxygen atoms in total. The molecular weight excluding hydrogens is 252 g/mol. The summed E-state index contributed by atoms with van der Waals surface area (Å²) in [5.74, 6) is 0.119. The number of ether oxygens (including phenoxy) is 1. The lowest BCUT2D eigenvalue weighted by Gasteiger charge is -2.29. The fourth-order valence-corrected chi connectivity index (χ4v) is 2.59. The molecule has 1 aliphatic heterocycles. The third kappa shape index (κ3) is 3.97. The molecule has 0 bridgehead atoms. The van der Waals surface area contributed by atoms with Crippen LogP contribution in [0.4, 0.5) is 5.69 Å². The van der Waals surface area contributed by atoms with E-state index in [1.54, 1.807) is 0 Å². The van der Waals surface area contributed by atoms with Crippen LogP contribution in [0, 0.1) is 0 Å². The second kappa shape index (κ2) is 7.29. The lowest BCUT2D eigenvalue weighted by Crippen LogP contribution is -2.41. The standard InChI is InChI=1S/C16H24N2O2/c1-2-9-18(12-13-6-5-7-14(17)11-13)16(19)15-8-3-4-10-20-15/h5-7,11,15H,2-4,8-10,12,17H2,1H3. The molecule has 1 aromatic rings. The Balaban J connectivity index is 2.03. The van der Waals surface area contributed by atoms with Gasteiger partial charge < -0.3 is 15.4 Å². The Morgan fingerprint density at radius 1 is 1.45 bits per heavy atom. The number of benzene rings is 1. The van der Waals surface area contributed by atoms with Crippen molar-refractivity contribution < 1.29 is 9.53 Å². The molecule has 1 aromatic carbocycles. The number of hydrogen-bond acceptors (Lipinski definition) is 3. The maximum atomic E-state index is 12.5. The molecule has 0 aromatic heterocycles. The van der Waals surface area contributed by atoms with Gasteiger partial charge in [-0.1, -0.05) is 19.1 Å². The van der Waals surface area contributed by atoms with E-state index < -0.39 is 0 Å². The number of amides is 1. The van der Waals surface area contributed by atoms with Gasteiger partial charge in [-0.25, -0.2) is 0 Å². The van der Waals surface area contributed by atoms with Crippen LogP contribution in [0.2, 0.25) is 0 Å². The van der Waals surface area contributed by atoms with E-state index in [4.69, 9.17) is 10.5 Å². The van der Waals surface area contributed by atoms with Crippen molar-refractivity contribution in [1.29, 1.82) is 0 Å². The summed E-state index contributed by atoms with van der Waals surface area (Å²) in [7, 11) is 0. The highest BCUT2D eigenvalue weighted by atomic mass is 16.5. The van der Waals surface area contributed by atoms with Gasteiger partial charge in [0.15, 0.2) is 0 Å². The molecule has 1 heterocycles. The van der Waals surface area contributed by atoms with Gasteiger partial charge in [-0.2, -0.15) is 0 Å².